The van der Waals surface area contributed by atoms with E-state index in [2.05, 4.69) is 10.00 Å². The van der Waals surface area contributed by atoms with Crippen LogP contribution in [-0.4, -0.2) is 59.5 Å². The van der Waals surface area contributed by atoms with Gasteiger partial charge in [0, 0.05) is 38.9 Å². The fourth-order valence-electron chi connectivity index (χ4n) is 3.67. The number of carbonyl (C=O) groups excluding carboxylic acids is 1. The lowest BCUT2D eigenvalue weighted by atomic mass is 10.2. The van der Waals surface area contributed by atoms with Crippen LogP contribution < -0.4 is 10.5 Å². The van der Waals surface area contributed by atoms with Crippen LogP contribution in [0.2, 0.25) is 0 Å². The predicted molar refractivity (Wildman–Crippen MR) is 102 cm³/mol. The molecule has 0 spiro atoms. The molecule has 2 aromatic rings. The molecule has 4 rings (SSSR count). The molecule has 0 bridgehead atoms. The molecule has 0 radical (unpaired) electrons. The number of nitrogens with zero attached hydrogens (tertiary/aromatic N) is 4. The van der Waals surface area contributed by atoms with Crippen LogP contribution in [0.25, 0.3) is 5.69 Å². The van der Waals surface area contributed by atoms with Gasteiger partial charge >= 0.3 is 0 Å². The Balaban J connectivity index is 1.49. The van der Waals surface area contributed by atoms with Crippen molar-refractivity contribution in [3.8, 4) is 5.69 Å². The molecule has 0 aliphatic carbocycles. The van der Waals surface area contributed by atoms with Crippen molar-refractivity contribution in [1.82, 2.24) is 14.7 Å². The Morgan fingerprint density at radius 2 is 1.85 bits per heavy atom. The summed E-state index contributed by atoms with van der Waals surface area (Å²) >= 11 is 0. The number of benzene rings is 1. The number of hydrogen-bond acceptors (Lipinski definition) is 5. The van der Waals surface area contributed by atoms with Gasteiger partial charge in [-0.15, -0.1) is 5.10 Å². The zero-order chi connectivity index (χ0) is 18.6. The third kappa shape index (κ3) is 3.88. The van der Waals surface area contributed by atoms with Gasteiger partial charge in [-0.1, -0.05) is 18.2 Å². The number of para-hydroxylation sites is 1. The second-order valence-corrected chi connectivity index (χ2v) is 6.94. The minimum atomic E-state index is -0.269. The molecule has 7 nitrogen and oxygen atoms in total. The van der Waals surface area contributed by atoms with E-state index in [1.165, 1.54) is 4.68 Å². The molecule has 1 amide bonds. The molecule has 2 fully saturated rings. The molecule has 1 atom stereocenters. The lowest BCUT2D eigenvalue weighted by molar-refractivity contribution is -0.140. The topological polar surface area (TPSA) is 67.7 Å². The van der Waals surface area contributed by atoms with Gasteiger partial charge < -0.3 is 14.5 Å². The van der Waals surface area contributed by atoms with E-state index in [0.29, 0.717) is 19.7 Å². The number of hydrogen-bond donors (Lipinski definition) is 0. The quantitative estimate of drug-likeness (QED) is 0.820. The maximum atomic E-state index is 12.6. The molecule has 1 aromatic heterocycles. The second-order valence-electron chi connectivity index (χ2n) is 6.94. The van der Waals surface area contributed by atoms with Crippen LogP contribution >= 0.6 is 0 Å². The van der Waals surface area contributed by atoms with Gasteiger partial charge in [0.2, 0.25) is 0 Å². The average Bonchev–Trinajstić information content (AvgIpc) is 3.13. The minimum absolute atomic E-state index is 0.108. The first-order chi connectivity index (χ1) is 13.2. The molecular weight excluding hydrogens is 344 g/mol. The van der Waals surface area contributed by atoms with Crippen LogP contribution in [0.3, 0.4) is 0 Å². The molecule has 2 aliphatic heterocycles. The minimum Gasteiger partial charge on any atom is -0.368 e. The van der Waals surface area contributed by atoms with E-state index in [-0.39, 0.29) is 17.6 Å². The normalized spacial score (nSPS) is 20.5. The largest absolute Gasteiger partial charge is 0.368 e. The maximum absolute atomic E-state index is 12.6. The Morgan fingerprint density at radius 3 is 2.63 bits per heavy atom. The standard InChI is InChI=1S/C20H24N4O3/c25-19-10-9-18(21-24(19)16-6-2-1-3-7-16)22-11-5-12-23(14-13-22)20(26)17-8-4-15-27-17/h1-3,6-7,9-10,17H,4-5,8,11-15H2. The van der Waals surface area contributed by atoms with Crippen molar-refractivity contribution in [2.75, 3.05) is 37.7 Å². The van der Waals surface area contributed by atoms with E-state index in [1.807, 2.05) is 35.2 Å². The molecule has 142 valence electrons. The Labute approximate surface area is 158 Å². The van der Waals surface area contributed by atoms with E-state index in [4.69, 9.17) is 4.74 Å². The maximum Gasteiger partial charge on any atom is 0.271 e. The van der Waals surface area contributed by atoms with Crippen molar-refractivity contribution in [3.05, 3.63) is 52.8 Å². The van der Waals surface area contributed by atoms with E-state index in [0.717, 1.165) is 43.9 Å². The third-order valence-corrected chi connectivity index (χ3v) is 5.12. The highest BCUT2D eigenvalue weighted by atomic mass is 16.5. The lowest BCUT2D eigenvalue weighted by Gasteiger charge is -2.24. The highest BCUT2D eigenvalue weighted by Crippen LogP contribution is 2.18. The SMILES string of the molecule is O=C(C1CCCO1)N1CCCN(c2ccc(=O)n(-c3ccccc3)n2)CC1. The molecule has 1 aromatic carbocycles. The molecule has 27 heavy (non-hydrogen) atoms. The first kappa shape index (κ1) is 17.7. The Hall–Kier alpha value is -2.67. The van der Waals surface area contributed by atoms with Gasteiger partial charge in [-0.25, -0.2) is 0 Å². The number of amides is 1. The average molecular weight is 368 g/mol. The fraction of sp³-hybridized carbons (Fsp3) is 0.450. The molecule has 0 saturated carbocycles. The molecule has 1 unspecified atom stereocenters. The Kier molecular flexibility index (Phi) is 5.20. The van der Waals surface area contributed by atoms with Gasteiger partial charge in [0.1, 0.15) is 11.9 Å². The number of aromatic nitrogens is 2. The van der Waals surface area contributed by atoms with Gasteiger partial charge in [-0.2, -0.15) is 4.68 Å². The molecule has 0 N–H and O–H groups in total. The molecule has 7 heteroatoms. The van der Waals surface area contributed by atoms with Gasteiger partial charge in [-0.05, 0) is 37.5 Å². The third-order valence-electron chi connectivity index (χ3n) is 5.12. The van der Waals surface area contributed by atoms with Crippen LogP contribution in [0.5, 0.6) is 0 Å². The molecule has 2 saturated heterocycles. The van der Waals surface area contributed by atoms with Gasteiger partial charge in [0.25, 0.3) is 11.5 Å². The van der Waals surface area contributed by atoms with Crippen molar-refractivity contribution in [3.63, 3.8) is 0 Å². The summed E-state index contributed by atoms with van der Waals surface area (Å²) in [5.74, 6) is 0.862. The summed E-state index contributed by atoms with van der Waals surface area (Å²) in [5.41, 5.74) is 0.587. The van der Waals surface area contributed by atoms with Crippen molar-refractivity contribution in [2.45, 2.75) is 25.4 Å². The molecule has 2 aliphatic rings. The summed E-state index contributed by atoms with van der Waals surface area (Å²) in [4.78, 5) is 28.9. The van der Waals surface area contributed by atoms with Crippen molar-refractivity contribution in [1.29, 1.82) is 0 Å². The number of anilines is 1. The van der Waals surface area contributed by atoms with Crippen LogP contribution in [0.4, 0.5) is 5.82 Å². The first-order valence-electron chi connectivity index (χ1n) is 9.53. The zero-order valence-corrected chi connectivity index (χ0v) is 15.3. The Bertz CT molecular complexity index is 846. The summed E-state index contributed by atoms with van der Waals surface area (Å²) in [6, 6.07) is 12.7. The smallest absolute Gasteiger partial charge is 0.271 e. The molecular formula is C20H24N4O3. The molecule has 3 heterocycles. The fourth-order valence-corrected chi connectivity index (χ4v) is 3.67. The number of rotatable bonds is 3. The van der Waals surface area contributed by atoms with Crippen molar-refractivity contribution in [2.24, 2.45) is 0 Å². The van der Waals surface area contributed by atoms with Crippen LogP contribution in [0.15, 0.2) is 47.3 Å². The monoisotopic (exact) mass is 368 g/mol. The highest BCUT2D eigenvalue weighted by molar-refractivity contribution is 5.81. The van der Waals surface area contributed by atoms with Crippen LogP contribution in [0.1, 0.15) is 19.3 Å². The lowest BCUT2D eigenvalue weighted by Crippen LogP contribution is -2.41. The predicted octanol–water partition coefficient (Wildman–Crippen LogP) is 1.45. The summed E-state index contributed by atoms with van der Waals surface area (Å²) in [7, 11) is 0. The van der Waals surface area contributed by atoms with Crippen LogP contribution in [-0.2, 0) is 9.53 Å². The van der Waals surface area contributed by atoms with E-state index < -0.39 is 0 Å². The summed E-state index contributed by atoms with van der Waals surface area (Å²) in [6.45, 7) is 3.55. The summed E-state index contributed by atoms with van der Waals surface area (Å²) in [6.07, 6.45) is 2.38. The number of carbonyl (C=O) groups is 1. The zero-order valence-electron chi connectivity index (χ0n) is 15.3. The van der Waals surface area contributed by atoms with Gasteiger partial charge in [0.15, 0.2) is 0 Å². The summed E-state index contributed by atoms with van der Waals surface area (Å²) < 4.78 is 6.97. The highest BCUT2D eigenvalue weighted by Gasteiger charge is 2.29. The van der Waals surface area contributed by atoms with Gasteiger partial charge in [-0.3, -0.25) is 9.59 Å². The second kappa shape index (κ2) is 7.92. The van der Waals surface area contributed by atoms with Gasteiger partial charge in [0.05, 0.1) is 5.69 Å². The van der Waals surface area contributed by atoms with E-state index >= 15 is 0 Å². The summed E-state index contributed by atoms with van der Waals surface area (Å²) in [5, 5.41) is 4.56. The van der Waals surface area contributed by atoms with Crippen molar-refractivity contribution >= 4 is 11.7 Å². The Morgan fingerprint density at radius 1 is 1.00 bits per heavy atom. The van der Waals surface area contributed by atoms with Crippen LogP contribution in [0, 0.1) is 0 Å². The first-order valence-corrected chi connectivity index (χ1v) is 9.53. The van der Waals surface area contributed by atoms with Crippen molar-refractivity contribution < 1.29 is 9.53 Å². The number of ether oxygens (including phenoxy) is 1. The van der Waals surface area contributed by atoms with E-state index in [1.54, 1.807) is 12.1 Å². The van der Waals surface area contributed by atoms with E-state index in [9.17, 15) is 9.59 Å².